The van der Waals surface area contributed by atoms with Crippen LogP contribution in [0.25, 0.3) is 0 Å². The molecular formula is C24H22ClN3O5S. The Labute approximate surface area is 202 Å². The average molecular weight is 500 g/mol. The fraction of sp³-hybridized carbons (Fsp3) is 0.167. The third-order valence-corrected chi connectivity index (χ3v) is 6.75. The maximum Gasteiger partial charge on any atom is 0.319 e. The molecule has 2 atom stereocenters. The highest BCUT2D eigenvalue weighted by Gasteiger charge is 2.32. The number of hydrogen-bond donors (Lipinski definition) is 3. The summed E-state index contributed by atoms with van der Waals surface area (Å²) in [6, 6.07) is 17.2. The second-order valence-electron chi connectivity index (χ2n) is 7.89. The van der Waals surface area contributed by atoms with E-state index in [-0.39, 0.29) is 27.6 Å². The lowest BCUT2D eigenvalue weighted by Crippen LogP contribution is -2.36. The summed E-state index contributed by atoms with van der Waals surface area (Å²) >= 11 is 6.31. The van der Waals surface area contributed by atoms with Gasteiger partial charge >= 0.3 is 6.03 Å². The van der Waals surface area contributed by atoms with Gasteiger partial charge in [0.15, 0.2) is 9.84 Å². The molecule has 4 rings (SSSR count). The van der Waals surface area contributed by atoms with Gasteiger partial charge < -0.3 is 20.7 Å². The number of amides is 3. The molecule has 0 bridgehead atoms. The van der Waals surface area contributed by atoms with Crippen molar-refractivity contribution in [2.45, 2.75) is 24.0 Å². The van der Waals surface area contributed by atoms with Crippen LogP contribution in [0.15, 0.2) is 71.6 Å². The zero-order chi connectivity index (χ0) is 24.5. The maximum absolute atomic E-state index is 12.6. The van der Waals surface area contributed by atoms with E-state index in [2.05, 4.69) is 16.0 Å². The van der Waals surface area contributed by atoms with Gasteiger partial charge in [-0.3, -0.25) is 4.79 Å². The predicted molar refractivity (Wildman–Crippen MR) is 130 cm³/mol. The van der Waals surface area contributed by atoms with E-state index in [0.29, 0.717) is 11.4 Å². The van der Waals surface area contributed by atoms with E-state index < -0.39 is 21.8 Å². The lowest BCUT2D eigenvalue weighted by atomic mass is 10.1. The van der Waals surface area contributed by atoms with E-state index >= 15 is 0 Å². The first kappa shape index (κ1) is 23.6. The van der Waals surface area contributed by atoms with Gasteiger partial charge in [-0.25, -0.2) is 13.2 Å². The van der Waals surface area contributed by atoms with Gasteiger partial charge in [-0.05, 0) is 49.4 Å². The van der Waals surface area contributed by atoms with Gasteiger partial charge in [-0.2, -0.15) is 0 Å². The highest BCUT2D eigenvalue weighted by atomic mass is 35.5. The topological polar surface area (TPSA) is 114 Å². The van der Waals surface area contributed by atoms with E-state index in [9.17, 15) is 18.0 Å². The van der Waals surface area contributed by atoms with Crippen LogP contribution < -0.4 is 20.7 Å². The number of sulfone groups is 1. The van der Waals surface area contributed by atoms with Crippen LogP contribution in [0.2, 0.25) is 5.02 Å². The van der Waals surface area contributed by atoms with Crippen molar-refractivity contribution in [1.82, 2.24) is 5.32 Å². The normalized spacial score (nSPS) is 16.8. The van der Waals surface area contributed by atoms with Crippen molar-refractivity contribution in [2.24, 2.45) is 0 Å². The zero-order valence-corrected chi connectivity index (χ0v) is 19.9. The van der Waals surface area contributed by atoms with E-state index in [1.165, 1.54) is 30.3 Å². The minimum absolute atomic E-state index is 0.0430. The first-order valence-corrected chi connectivity index (χ1v) is 12.6. The van der Waals surface area contributed by atoms with Crippen LogP contribution >= 0.6 is 11.6 Å². The van der Waals surface area contributed by atoms with Crippen molar-refractivity contribution in [3.05, 3.63) is 82.9 Å². The van der Waals surface area contributed by atoms with Crippen LogP contribution in [0, 0.1) is 0 Å². The monoisotopic (exact) mass is 499 g/mol. The Morgan fingerprint density at radius 1 is 0.971 bits per heavy atom. The third kappa shape index (κ3) is 5.16. The van der Waals surface area contributed by atoms with Gasteiger partial charge in [0.25, 0.3) is 5.91 Å². The number of nitrogens with one attached hydrogen (secondary N) is 3. The second-order valence-corrected chi connectivity index (χ2v) is 10.3. The van der Waals surface area contributed by atoms with Crippen LogP contribution in [0.3, 0.4) is 0 Å². The highest BCUT2D eigenvalue weighted by Crippen LogP contribution is 2.36. The molecule has 0 radical (unpaired) electrons. The van der Waals surface area contributed by atoms with Crippen molar-refractivity contribution in [1.29, 1.82) is 0 Å². The molecule has 34 heavy (non-hydrogen) atoms. The molecule has 3 amide bonds. The molecule has 10 heteroatoms. The minimum atomic E-state index is -3.45. The molecule has 3 aromatic rings. The molecule has 176 valence electrons. The Hall–Kier alpha value is -3.56. The summed E-state index contributed by atoms with van der Waals surface area (Å²) < 4.78 is 29.2. The Balaban J connectivity index is 1.41. The Kier molecular flexibility index (Phi) is 6.49. The van der Waals surface area contributed by atoms with Gasteiger partial charge in [0, 0.05) is 23.1 Å². The number of hydrogen-bond acceptors (Lipinski definition) is 5. The maximum atomic E-state index is 12.6. The van der Waals surface area contributed by atoms with E-state index in [1.54, 1.807) is 12.1 Å². The van der Waals surface area contributed by atoms with Crippen molar-refractivity contribution in [3.63, 3.8) is 0 Å². The molecule has 3 N–H and O–H groups in total. The molecule has 8 nitrogen and oxygen atoms in total. The van der Waals surface area contributed by atoms with Gasteiger partial charge in [0.1, 0.15) is 11.9 Å². The molecule has 0 saturated carbocycles. The number of urea groups is 1. The molecule has 1 aliphatic heterocycles. The molecule has 2 unspecified atom stereocenters. The molecule has 0 aromatic heterocycles. The van der Waals surface area contributed by atoms with Crippen molar-refractivity contribution < 1.29 is 22.7 Å². The van der Waals surface area contributed by atoms with Gasteiger partial charge in [0.05, 0.1) is 21.6 Å². The lowest BCUT2D eigenvalue weighted by Gasteiger charge is -2.17. The molecule has 0 saturated heterocycles. The molecule has 1 aliphatic rings. The van der Waals surface area contributed by atoms with Crippen LogP contribution in [0.1, 0.15) is 28.9 Å². The standard InChI is InChI=1S/C24H22ClN3O5S/c1-14-22(18-8-3-4-9-21(18)33-14)28-24(30)26-16-10-11-20(19(25)13-16)27-23(29)15-6-5-7-17(12-15)34(2,31)32/h3-14,22H,1-2H3,(H,27,29)(H2,26,28,30). The summed E-state index contributed by atoms with van der Waals surface area (Å²) in [5.41, 5.74) is 1.82. The number of para-hydroxylation sites is 1. The van der Waals surface area contributed by atoms with Crippen molar-refractivity contribution in [2.75, 3.05) is 16.9 Å². The fourth-order valence-electron chi connectivity index (χ4n) is 3.63. The zero-order valence-electron chi connectivity index (χ0n) is 18.3. The second kappa shape index (κ2) is 9.36. The van der Waals surface area contributed by atoms with Gasteiger partial charge in [-0.1, -0.05) is 35.9 Å². The summed E-state index contributed by atoms with van der Waals surface area (Å²) in [6.07, 6.45) is 0.854. The van der Waals surface area contributed by atoms with Crippen molar-refractivity contribution >= 4 is 44.8 Å². The minimum Gasteiger partial charge on any atom is -0.488 e. The SMILES string of the molecule is CC1Oc2ccccc2C1NC(=O)Nc1ccc(NC(=O)c2cccc(S(C)(=O)=O)c2)c(Cl)c1. The van der Waals surface area contributed by atoms with Crippen LogP contribution in [-0.4, -0.2) is 32.7 Å². The quantitative estimate of drug-likeness (QED) is 0.473. The number of carbonyl (C=O) groups excluding carboxylic acids is 2. The number of anilines is 2. The summed E-state index contributed by atoms with van der Waals surface area (Å²) in [4.78, 5) is 25.2. The Morgan fingerprint density at radius 3 is 2.47 bits per heavy atom. The first-order valence-electron chi connectivity index (χ1n) is 10.4. The predicted octanol–water partition coefficient (Wildman–Crippen LogP) is 4.64. The van der Waals surface area contributed by atoms with Crippen LogP contribution in [0.5, 0.6) is 5.75 Å². The average Bonchev–Trinajstić information content (AvgIpc) is 3.10. The summed E-state index contributed by atoms with van der Waals surface area (Å²) in [6.45, 7) is 1.88. The smallest absolute Gasteiger partial charge is 0.319 e. The van der Waals surface area contributed by atoms with Crippen LogP contribution in [-0.2, 0) is 9.84 Å². The molecule has 0 aliphatic carbocycles. The number of rotatable bonds is 5. The third-order valence-electron chi connectivity index (χ3n) is 5.32. The number of ether oxygens (including phenoxy) is 1. The highest BCUT2D eigenvalue weighted by molar-refractivity contribution is 7.90. The number of fused-ring (bicyclic) bond motifs is 1. The first-order chi connectivity index (χ1) is 16.1. The lowest BCUT2D eigenvalue weighted by molar-refractivity contribution is 0.102. The van der Waals surface area contributed by atoms with Gasteiger partial charge in [-0.15, -0.1) is 0 Å². The number of halogens is 1. The number of carbonyl (C=O) groups is 2. The summed E-state index contributed by atoms with van der Waals surface area (Å²) in [5.74, 6) is 0.227. The van der Waals surface area contributed by atoms with E-state index in [0.717, 1.165) is 17.6 Å². The van der Waals surface area contributed by atoms with E-state index in [4.69, 9.17) is 16.3 Å². The number of benzene rings is 3. The van der Waals surface area contributed by atoms with E-state index in [1.807, 2.05) is 31.2 Å². The molecular weight excluding hydrogens is 478 g/mol. The Morgan fingerprint density at radius 2 is 1.74 bits per heavy atom. The Bertz CT molecular complexity index is 1380. The van der Waals surface area contributed by atoms with Gasteiger partial charge in [0.2, 0.25) is 0 Å². The molecule has 0 spiro atoms. The van der Waals surface area contributed by atoms with Crippen LogP contribution in [0.4, 0.5) is 16.2 Å². The largest absolute Gasteiger partial charge is 0.488 e. The van der Waals surface area contributed by atoms with Crippen molar-refractivity contribution in [3.8, 4) is 5.75 Å². The molecule has 3 aromatic carbocycles. The summed E-state index contributed by atoms with van der Waals surface area (Å²) in [5, 5.41) is 8.48. The summed E-state index contributed by atoms with van der Waals surface area (Å²) in [7, 11) is -3.45. The molecule has 0 fully saturated rings. The molecule has 1 heterocycles. The fourth-order valence-corrected chi connectivity index (χ4v) is 4.52.